The first-order valence-electron chi connectivity index (χ1n) is 3.21. The first-order chi connectivity index (χ1) is 4.98. The zero-order valence-corrected chi connectivity index (χ0v) is 7.08. The Morgan fingerprint density at radius 1 is 1.55 bits per heavy atom. The molecule has 0 rings (SSSR count). The smallest absolute Gasteiger partial charge is 0.433 e. The number of ether oxygens (including phenoxy) is 1. The van der Waals surface area contributed by atoms with E-state index in [-0.39, 0.29) is 6.61 Å². The molecule has 0 bridgehead atoms. The topological polar surface area (TPSA) is 83.8 Å². The van der Waals surface area contributed by atoms with Gasteiger partial charge in [-0.05, 0) is 6.42 Å². The van der Waals surface area contributed by atoms with Crippen LogP contribution < -0.4 is 0 Å². The van der Waals surface area contributed by atoms with E-state index in [0.29, 0.717) is 6.42 Å². The number of hydrogen-bond donors (Lipinski definition) is 2. The third-order valence-electron chi connectivity index (χ3n) is 0.961. The summed E-state index contributed by atoms with van der Waals surface area (Å²) in [6.45, 7) is 1.95. The van der Waals surface area contributed by atoms with E-state index in [1.807, 2.05) is 6.92 Å². The average molecular weight is 182 g/mol. The predicted molar refractivity (Wildman–Crippen MR) is 38.3 cm³/mol. The molecule has 0 aliphatic carbocycles. The Hall–Kier alpha value is -0.380. The maximum absolute atomic E-state index is 10.4. The van der Waals surface area contributed by atoms with Gasteiger partial charge in [0.1, 0.15) is 0 Å². The highest BCUT2D eigenvalue weighted by Gasteiger charge is 2.27. The quantitative estimate of drug-likeness (QED) is 0.502. The van der Waals surface area contributed by atoms with Crippen LogP contribution in [0.1, 0.15) is 19.8 Å². The molecule has 0 aliphatic heterocycles. The van der Waals surface area contributed by atoms with Crippen molar-refractivity contribution in [2.45, 2.75) is 19.8 Å². The van der Waals surface area contributed by atoms with Gasteiger partial charge in [-0.1, -0.05) is 13.3 Å². The highest BCUT2D eigenvalue weighted by atomic mass is 31.2. The summed E-state index contributed by atoms with van der Waals surface area (Å²) >= 11 is 0. The van der Waals surface area contributed by atoms with Crippen molar-refractivity contribution in [3.63, 3.8) is 0 Å². The molecule has 0 aromatic rings. The first kappa shape index (κ1) is 10.6. The second-order valence-electron chi connectivity index (χ2n) is 2.01. The van der Waals surface area contributed by atoms with Gasteiger partial charge in [-0.2, -0.15) is 0 Å². The van der Waals surface area contributed by atoms with E-state index < -0.39 is 13.3 Å². The van der Waals surface area contributed by atoms with Crippen LogP contribution in [0, 0.1) is 0 Å². The molecule has 0 unspecified atom stereocenters. The summed E-state index contributed by atoms with van der Waals surface area (Å²) in [5.41, 5.74) is -1.44. The maximum atomic E-state index is 10.4. The molecule has 0 saturated carbocycles. The van der Waals surface area contributed by atoms with Gasteiger partial charge in [-0.15, -0.1) is 0 Å². The third kappa shape index (κ3) is 4.95. The average Bonchev–Trinajstić information content (AvgIpc) is 1.86. The van der Waals surface area contributed by atoms with Gasteiger partial charge < -0.3 is 14.5 Å². The van der Waals surface area contributed by atoms with E-state index >= 15 is 0 Å². The Balaban J connectivity index is 3.63. The fourth-order valence-corrected chi connectivity index (χ4v) is 0.647. The van der Waals surface area contributed by atoms with Gasteiger partial charge in [-0.3, -0.25) is 0 Å². The largest absolute Gasteiger partial charge is 0.457 e. The molecular formula is C5H11O5P. The van der Waals surface area contributed by atoms with E-state index in [4.69, 9.17) is 9.79 Å². The molecule has 2 N–H and O–H groups in total. The number of carbonyl (C=O) groups is 1. The Labute approximate surface area is 64.5 Å². The highest BCUT2D eigenvalue weighted by Crippen LogP contribution is 2.36. The third-order valence-corrected chi connectivity index (χ3v) is 1.57. The molecule has 5 nitrogen and oxygen atoms in total. The number of rotatable bonds is 4. The summed E-state index contributed by atoms with van der Waals surface area (Å²) in [5.74, 6) is 0. The van der Waals surface area contributed by atoms with Crippen molar-refractivity contribution in [3.8, 4) is 0 Å². The van der Waals surface area contributed by atoms with Crippen LogP contribution in [0.2, 0.25) is 0 Å². The molecule has 0 saturated heterocycles. The number of carbonyl (C=O) groups excluding carboxylic acids is 1. The molecule has 0 radical (unpaired) electrons. The summed E-state index contributed by atoms with van der Waals surface area (Å²) in [7, 11) is -4.66. The number of unbranched alkanes of at least 4 members (excludes halogenated alkanes) is 1. The fourth-order valence-electron chi connectivity index (χ4n) is 0.388. The molecule has 0 aromatic heterocycles. The number of hydrogen-bond acceptors (Lipinski definition) is 3. The lowest BCUT2D eigenvalue weighted by molar-refractivity contribution is 0.161. The zero-order valence-electron chi connectivity index (χ0n) is 6.19. The van der Waals surface area contributed by atoms with E-state index in [9.17, 15) is 9.36 Å². The van der Waals surface area contributed by atoms with Crippen LogP contribution in [0.4, 0.5) is 4.79 Å². The summed E-state index contributed by atoms with van der Waals surface area (Å²) < 4.78 is 14.4. The van der Waals surface area contributed by atoms with E-state index in [1.54, 1.807) is 0 Å². The van der Waals surface area contributed by atoms with Crippen LogP contribution in [0.15, 0.2) is 0 Å². The van der Waals surface area contributed by atoms with Crippen LogP contribution in [0.25, 0.3) is 0 Å². The monoisotopic (exact) mass is 182 g/mol. The van der Waals surface area contributed by atoms with Crippen LogP contribution in [-0.2, 0) is 9.30 Å². The van der Waals surface area contributed by atoms with Crippen LogP contribution in [0.3, 0.4) is 0 Å². The molecule has 0 aromatic carbocycles. The summed E-state index contributed by atoms with van der Waals surface area (Å²) in [6, 6.07) is 0. The SMILES string of the molecule is CCCCOC(=O)P(=O)(O)O. The second-order valence-corrected chi connectivity index (χ2v) is 3.47. The second kappa shape index (κ2) is 4.49. The molecule has 0 heterocycles. The Kier molecular flexibility index (Phi) is 4.33. The van der Waals surface area contributed by atoms with Gasteiger partial charge in [0.2, 0.25) is 0 Å². The normalized spacial score (nSPS) is 11.2. The lowest BCUT2D eigenvalue weighted by Crippen LogP contribution is -2.03. The molecular weight excluding hydrogens is 171 g/mol. The van der Waals surface area contributed by atoms with Gasteiger partial charge in [-0.25, -0.2) is 9.36 Å². The van der Waals surface area contributed by atoms with Crippen molar-refractivity contribution in [2.24, 2.45) is 0 Å². The van der Waals surface area contributed by atoms with Crippen molar-refractivity contribution >= 4 is 13.3 Å². The molecule has 6 heteroatoms. The minimum Gasteiger partial charge on any atom is -0.457 e. The van der Waals surface area contributed by atoms with Crippen LogP contribution in [-0.4, -0.2) is 22.1 Å². The van der Waals surface area contributed by atoms with E-state index in [1.165, 1.54) is 0 Å². The predicted octanol–water partition coefficient (Wildman–Crippen LogP) is 1.10. The van der Waals surface area contributed by atoms with E-state index in [0.717, 1.165) is 6.42 Å². The first-order valence-corrected chi connectivity index (χ1v) is 4.82. The van der Waals surface area contributed by atoms with E-state index in [2.05, 4.69) is 4.74 Å². The molecule has 0 amide bonds. The summed E-state index contributed by atoms with van der Waals surface area (Å²) in [5, 5.41) is 0. The summed E-state index contributed by atoms with van der Waals surface area (Å²) in [4.78, 5) is 26.8. The molecule has 0 fully saturated rings. The van der Waals surface area contributed by atoms with Crippen LogP contribution >= 0.6 is 7.60 Å². The van der Waals surface area contributed by atoms with Crippen molar-refractivity contribution in [1.29, 1.82) is 0 Å². The summed E-state index contributed by atoms with van der Waals surface area (Å²) in [6.07, 6.45) is 1.43. The minimum absolute atomic E-state index is 0.0699. The maximum Gasteiger partial charge on any atom is 0.433 e. The lowest BCUT2D eigenvalue weighted by atomic mass is 10.4. The lowest BCUT2D eigenvalue weighted by Gasteiger charge is -2.03. The van der Waals surface area contributed by atoms with Crippen LogP contribution in [0.5, 0.6) is 0 Å². The zero-order chi connectivity index (χ0) is 8.91. The standard InChI is InChI=1S/C5H11O5P/c1-2-3-4-10-5(6)11(7,8)9/h2-4H2,1H3,(H2,7,8,9). The minimum atomic E-state index is -4.66. The Morgan fingerprint density at radius 2 is 2.09 bits per heavy atom. The van der Waals surface area contributed by atoms with Gasteiger partial charge in [0.15, 0.2) is 0 Å². The van der Waals surface area contributed by atoms with Crippen molar-refractivity contribution in [1.82, 2.24) is 0 Å². The van der Waals surface area contributed by atoms with Gasteiger partial charge in [0.05, 0.1) is 6.61 Å². The van der Waals surface area contributed by atoms with Gasteiger partial charge in [0, 0.05) is 0 Å². The van der Waals surface area contributed by atoms with Crippen molar-refractivity contribution < 1.29 is 23.9 Å². The molecule has 66 valence electrons. The highest BCUT2D eigenvalue weighted by molar-refractivity contribution is 7.69. The molecule has 0 atom stereocenters. The Morgan fingerprint density at radius 3 is 2.45 bits per heavy atom. The van der Waals surface area contributed by atoms with Crippen molar-refractivity contribution in [3.05, 3.63) is 0 Å². The Bertz CT molecular complexity index is 172. The van der Waals surface area contributed by atoms with Gasteiger partial charge >= 0.3 is 13.3 Å². The molecule has 11 heavy (non-hydrogen) atoms. The molecule has 0 aliphatic rings. The molecule has 0 spiro atoms. The van der Waals surface area contributed by atoms with Crippen molar-refractivity contribution in [2.75, 3.05) is 6.61 Å². The fraction of sp³-hybridized carbons (Fsp3) is 0.800. The van der Waals surface area contributed by atoms with Gasteiger partial charge in [0.25, 0.3) is 0 Å².